The highest BCUT2D eigenvalue weighted by molar-refractivity contribution is 6.23. The van der Waals surface area contributed by atoms with Crippen LogP contribution in [0.1, 0.15) is 19.6 Å². The van der Waals surface area contributed by atoms with Crippen molar-refractivity contribution in [3.8, 4) is 11.5 Å². The third-order valence-electron chi connectivity index (χ3n) is 2.18. The normalized spacial score (nSPS) is 11.8. The molecule has 2 rings (SSSR count). The molecule has 1 heterocycles. The highest BCUT2D eigenvalue weighted by atomic mass is 35.5. The van der Waals surface area contributed by atoms with Gasteiger partial charge in [-0.1, -0.05) is 0 Å². The maximum atomic E-state index is 12.7. The first-order valence-electron chi connectivity index (χ1n) is 4.88. The summed E-state index contributed by atoms with van der Waals surface area (Å²) in [5.41, 5.74) is 0.730. The van der Waals surface area contributed by atoms with Crippen molar-refractivity contribution < 1.29 is 8.81 Å². The Labute approximate surface area is 98.1 Å². The molecule has 0 spiro atoms. The maximum absolute atomic E-state index is 12.7. The number of alkyl halides is 1. The minimum atomic E-state index is -0.592. The second kappa shape index (κ2) is 3.91. The molecular weight excluding hydrogens is 229 g/mol. The molecular formula is C12H11ClFNO. The van der Waals surface area contributed by atoms with Crippen LogP contribution in [0, 0.1) is 5.82 Å². The molecule has 0 unspecified atom stereocenters. The van der Waals surface area contributed by atoms with Gasteiger partial charge in [-0.25, -0.2) is 9.37 Å². The van der Waals surface area contributed by atoms with E-state index in [2.05, 4.69) is 4.98 Å². The van der Waals surface area contributed by atoms with E-state index < -0.39 is 4.87 Å². The van der Waals surface area contributed by atoms with Crippen LogP contribution in [0.4, 0.5) is 4.39 Å². The van der Waals surface area contributed by atoms with Gasteiger partial charge in [0.25, 0.3) is 0 Å². The minimum absolute atomic E-state index is 0.284. The zero-order valence-corrected chi connectivity index (χ0v) is 9.75. The van der Waals surface area contributed by atoms with Gasteiger partial charge in [0.2, 0.25) is 5.89 Å². The average Bonchev–Trinajstić information content (AvgIpc) is 2.67. The molecule has 0 saturated heterocycles. The molecule has 2 aromatic rings. The summed E-state index contributed by atoms with van der Waals surface area (Å²) in [7, 11) is 0. The number of hydrogen-bond acceptors (Lipinski definition) is 2. The summed E-state index contributed by atoms with van der Waals surface area (Å²) in [5, 5.41) is 0. The first-order valence-corrected chi connectivity index (χ1v) is 5.26. The number of nitrogens with zero attached hydrogens (tertiary/aromatic N) is 1. The van der Waals surface area contributed by atoms with E-state index in [-0.39, 0.29) is 5.82 Å². The van der Waals surface area contributed by atoms with Crippen LogP contribution in [0.25, 0.3) is 11.5 Å². The Kier molecular flexibility index (Phi) is 2.72. The van der Waals surface area contributed by atoms with Crippen LogP contribution >= 0.6 is 11.6 Å². The Hall–Kier alpha value is -1.35. The van der Waals surface area contributed by atoms with Gasteiger partial charge >= 0.3 is 0 Å². The summed E-state index contributed by atoms with van der Waals surface area (Å²) in [4.78, 5) is 3.52. The fourth-order valence-corrected chi connectivity index (χ4v) is 1.36. The molecule has 4 heteroatoms. The molecule has 0 aliphatic rings. The Morgan fingerprint density at radius 2 is 1.88 bits per heavy atom. The largest absolute Gasteiger partial charge is 0.439 e. The quantitative estimate of drug-likeness (QED) is 0.742. The zero-order valence-electron chi connectivity index (χ0n) is 9.00. The van der Waals surface area contributed by atoms with Gasteiger partial charge in [-0.05, 0) is 38.1 Å². The van der Waals surface area contributed by atoms with E-state index in [1.54, 1.807) is 18.3 Å². The van der Waals surface area contributed by atoms with Crippen molar-refractivity contribution in [3.05, 3.63) is 42.0 Å². The van der Waals surface area contributed by atoms with Crippen molar-refractivity contribution in [2.45, 2.75) is 18.7 Å². The van der Waals surface area contributed by atoms with Gasteiger partial charge in [0.15, 0.2) is 0 Å². The lowest BCUT2D eigenvalue weighted by atomic mass is 10.2. The van der Waals surface area contributed by atoms with Gasteiger partial charge in [0.05, 0.1) is 11.1 Å². The van der Waals surface area contributed by atoms with Gasteiger partial charge in [0, 0.05) is 5.56 Å². The zero-order chi connectivity index (χ0) is 11.8. The molecule has 0 amide bonds. The molecule has 84 valence electrons. The summed E-state index contributed by atoms with van der Waals surface area (Å²) in [6.45, 7) is 3.65. The predicted octanol–water partition coefficient (Wildman–Crippen LogP) is 3.95. The first-order chi connectivity index (χ1) is 7.47. The van der Waals surface area contributed by atoms with Crippen LogP contribution in [-0.4, -0.2) is 4.98 Å². The summed E-state index contributed by atoms with van der Waals surface area (Å²) in [5.74, 6) is 0.755. The summed E-state index contributed by atoms with van der Waals surface area (Å²) < 4.78 is 18.2. The third-order valence-corrected chi connectivity index (χ3v) is 2.37. The Morgan fingerprint density at radius 1 is 1.25 bits per heavy atom. The van der Waals surface area contributed by atoms with E-state index in [1.165, 1.54) is 12.1 Å². The van der Waals surface area contributed by atoms with Crippen LogP contribution in [-0.2, 0) is 4.87 Å². The lowest BCUT2D eigenvalue weighted by Gasteiger charge is -2.10. The average molecular weight is 240 g/mol. The molecule has 0 radical (unpaired) electrons. The van der Waals surface area contributed by atoms with Gasteiger partial charge in [0.1, 0.15) is 11.6 Å². The van der Waals surface area contributed by atoms with E-state index in [0.29, 0.717) is 11.7 Å². The van der Waals surface area contributed by atoms with Crippen molar-refractivity contribution >= 4 is 11.6 Å². The standard InChI is InChI=1S/C12H11ClFNO/c1-12(2,13)10-7-15-11(16-10)8-3-5-9(14)6-4-8/h3-7H,1-2H3. The van der Waals surface area contributed by atoms with Crippen molar-refractivity contribution in [1.82, 2.24) is 4.98 Å². The van der Waals surface area contributed by atoms with Gasteiger partial charge in [-0.3, -0.25) is 0 Å². The fraction of sp³-hybridized carbons (Fsp3) is 0.250. The predicted molar refractivity (Wildman–Crippen MR) is 60.8 cm³/mol. The lowest BCUT2D eigenvalue weighted by molar-refractivity contribution is 0.472. The fourth-order valence-electron chi connectivity index (χ4n) is 1.27. The summed E-state index contributed by atoms with van der Waals surface area (Å²) >= 11 is 6.09. The van der Waals surface area contributed by atoms with Crippen LogP contribution in [0.5, 0.6) is 0 Å². The highest BCUT2D eigenvalue weighted by Gasteiger charge is 2.22. The smallest absolute Gasteiger partial charge is 0.226 e. The van der Waals surface area contributed by atoms with E-state index in [0.717, 1.165) is 5.56 Å². The van der Waals surface area contributed by atoms with Gasteiger partial charge in [-0.2, -0.15) is 0 Å². The Balaban J connectivity index is 2.35. The van der Waals surface area contributed by atoms with Gasteiger partial charge in [-0.15, -0.1) is 11.6 Å². The number of oxazole rings is 1. The molecule has 0 N–H and O–H groups in total. The van der Waals surface area contributed by atoms with E-state index in [4.69, 9.17) is 16.0 Å². The topological polar surface area (TPSA) is 26.0 Å². The highest BCUT2D eigenvalue weighted by Crippen LogP contribution is 2.30. The molecule has 0 bridgehead atoms. The minimum Gasteiger partial charge on any atom is -0.439 e. The molecule has 16 heavy (non-hydrogen) atoms. The van der Waals surface area contributed by atoms with Crippen molar-refractivity contribution in [2.75, 3.05) is 0 Å². The molecule has 0 aliphatic carbocycles. The van der Waals surface area contributed by atoms with E-state index in [9.17, 15) is 4.39 Å². The second-order valence-corrected chi connectivity index (χ2v) is 4.95. The number of rotatable bonds is 2. The van der Waals surface area contributed by atoms with Gasteiger partial charge < -0.3 is 4.42 Å². The van der Waals surface area contributed by atoms with Crippen molar-refractivity contribution in [3.63, 3.8) is 0 Å². The summed E-state index contributed by atoms with van der Waals surface area (Å²) in [6, 6.07) is 5.97. The SMILES string of the molecule is CC(C)(Cl)c1cnc(-c2ccc(F)cc2)o1. The van der Waals surface area contributed by atoms with E-state index in [1.807, 2.05) is 13.8 Å². The molecule has 0 atom stereocenters. The monoisotopic (exact) mass is 239 g/mol. The number of benzene rings is 1. The first kappa shape index (κ1) is 11.1. The molecule has 0 saturated carbocycles. The second-order valence-electron chi connectivity index (χ2n) is 4.01. The van der Waals surface area contributed by atoms with Crippen LogP contribution in [0.3, 0.4) is 0 Å². The molecule has 0 aliphatic heterocycles. The van der Waals surface area contributed by atoms with Crippen LogP contribution in [0.2, 0.25) is 0 Å². The number of aromatic nitrogens is 1. The van der Waals surface area contributed by atoms with Crippen LogP contribution < -0.4 is 0 Å². The van der Waals surface area contributed by atoms with E-state index >= 15 is 0 Å². The third kappa shape index (κ3) is 2.25. The van der Waals surface area contributed by atoms with Crippen LogP contribution in [0.15, 0.2) is 34.9 Å². The Bertz CT molecular complexity index is 484. The molecule has 0 fully saturated rings. The molecule has 1 aromatic heterocycles. The lowest BCUT2D eigenvalue weighted by Crippen LogP contribution is -2.04. The Morgan fingerprint density at radius 3 is 2.38 bits per heavy atom. The number of halogens is 2. The van der Waals surface area contributed by atoms with Crippen molar-refractivity contribution in [1.29, 1.82) is 0 Å². The molecule has 2 nitrogen and oxygen atoms in total. The van der Waals surface area contributed by atoms with Crippen molar-refractivity contribution in [2.24, 2.45) is 0 Å². The number of hydrogen-bond donors (Lipinski definition) is 0. The summed E-state index contributed by atoms with van der Waals surface area (Å²) in [6.07, 6.45) is 1.59. The maximum Gasteiger partial charge on any atom is 0.226 e. The molecule has 1 aromatic carbocycles.